The van der Waals surface area contributed by atoms with Crippen LogP contribution in [0.2, 0.25) is 0 Å². The number of H-pyrrole nitrogens is 1. The molecule has 4 nitrogen and oxygen atoms in total. The van der Waals surface area contributed by atoms with Crippen LogP contribution < -0.4 is 10.9 Å². The number of nitrogens with zero attached hydrogens (tertiary/aromatic N) is 1. The SMILES string of the molecule is Cc1cccc(-c2cc(=O)[nH]c(Nc3ccc(F)cc3C)n2)c1. The second kappa shape index (κ2) is 6.04. The predicted octanol–water partition coefficient (Wildman–Crippen LogP) is 3.94. The third kappa shape index (κ3) is 3.45. The van der Waals surface area contributed by atoms with Crippen molar-refractivity contribution in [1.82, 2.24) is 9.97 Å². The van der Waals surface area contributed by atoms with Crippen molar-refractivity contribution in [1.29, 1.82) is 0 Å². The summed E-state index contributed by atoms with van der Waals surface area (Å²) in [6.45, 7) is 3.77. The van der Waals surface area contributed by atoms with Crippen LogP contribution in [0.4, 0.5) is 16.0 Å². The van der Waals surface area contributed by atoms with Gasteiger partial charge < -0.3 is 5.32 Å². The second-order valence-corrected chi connectivity index (χ2v) is 5.43. The summed E-state index contributed by atoms with van der Waals surface area (Å²) < 4.78 is 13.2. The Morgan fingerprint density at radius 3 is 2.65 bits per heavy atom. The van der Waals surface area contributed by atoms with E-state index in [1.54, 1.807) is 13.0 Å². The maximum absolute atomic E-state index is 13.2. The summed E-state index contributed by atoms with van der Waals surface area (Å²) >= 11 is 0. The standard InChI is InChI=1S/C18H16FN3O/c1-11-4-3-5-13(8-11)16-10-17(23)22-18(21-16)20-15-7-6-14(19)9-12(15)2/h3-10H,1-2H3,(H2,20,21,22,23). The highest BCUT2D eigenvalue weighted by Crippen LogP contribution is 2.21. The number of hydrogen-bond acceptors (Lipinski definition) is 3. The van der Waals surface area contributed by atoms with E-state index in [0.717, 1.165) is 16.7 Å². The Hall–Kier alpha value is -2.95. The van der Waals surface area contributed by atoms with Gasteiger partial charge >= 0.3 is 0 Å². The lowest BCUT2D eigenvalue weighted by Crippen LogP contribution is -2.11. The fourth-order valence-electron chi connectivity index (χ4n) is 2.36. The monoisotopic (exact) mass is 309 g/mol. The van der Waals surface area contributed by atoms with E-state index in [2.05, 4.69) is 15.3 Å². The van der Waals surface area contributed by atoms with Crippen LogP contribution in [0.15, 0.2) is 53.3 Å². The lowest BCUT2D eigenvalue weighted by atomic mass is 10.1. The van der Waals surface area contributed by atoms with Crippen molar-refractivity contribution in [3.8, 4) is 11.3 Å². The summed E-state index contributed by atoms with van der Waals surface area (Å²) in [4.78, 5) is 19.0. The van der Waals surface area contributed by atoms with Crippen molar-refractivity contribution in [2.45, 2.75) is 13.8 Å². The lowest BCUT2D eigenvalue weighted by Gasteiger charge is -2.10. The third-order valence-corrected chi connectivity index (χ3v) is 3.50. The van der Waals surface area contributed by atoms with Gasteiger partial charge in [0.25, 0.3) is 5.56 Å². The molecule has 1 heterocycles. The van der Waals surface area contributed by atoms with E-state index in [-0.39, 0.29) is 11.4 Å². The molecule has 3 aromatic rings. The molecule has 0 amide bonds. The molecule has 5 heteroatoms. The average molecular weight is 309 g/mol. The fourth-order valence-corrected chi connectivity index (χ4v) is 2.36. The van der Waals surface area contributed by atoms with Crippen molar-refractivity contribution in [3.05, 3.63) is 75.8 Å². The molecule has 0 fully saturated rings. The number of anilines is 2. The molecule has 2 N–H and O–H groups in total. The predicted molar refractivity (Wildman–Crippen MR) is 89.5 cm³/mol. The molecule has 116 valence electrons. The summed E-state index contributed by atoms with van der Waals surface area (Å²) in [7, 11) is 0. The van der Waals surface area contributed by atoms with Gasteiger partial charge in [0.1, 0.15) is 5.82 Å². The van der Waals surface area contributed by atoms with Crippen molar-refractivity contribution < 1.29 is 4.39 Å². The highest BCUT2D eigenvalue weighted by Gasteiger charge is 2.06. The topological polar surface area (TPSA) is 57.8 Å². The zero-order valence-corrected chi connectivity index (χ0v) is 12.9. The molecule has 0 atom stereocenters. The quantitative estimate of drug-likeness (QED) is 0.770. The van der Waals surface area contributed by atoms with Gasteiger partial charge in [0.15, 0.2) is 0 Å². The van der Waals surface area contributed by atoms with E-state index in [1.165, 1.54) is 18.2 Å². The summed E-state index contributed by atoms with van der Waals surface area (Å²) in [6, 6.07) is 13.6. The maximum atomic E-state index is 13.2. The van der Waals surface area contributed by atoms with Gasteiger partial charge in [0, 0.05) is 17.3 Å². The van der Waals surface area contributed by atoms with E-state index < -0.39 is 0 Å². The van der Waals surface area contributed by atoms with Gasteiger partial charge in [-0.2, -0.15) is 0 Å². The van der Waals surface area contributed by atoms with Crippen molar-refractivity contribution in [3.63, 3.8) is 0 Å². The zero-order chi connectivity index (χ0) is 16.4. The number of rotatable bonds is 3. The Bertz CT molecular complexity index is 918. The molecule has 23 heavy (non-hydrogen) atoms. The molecule has 0 unspecified atom stereocenters. The number of halogens is 1. The van der Waals surface area contributed by atoms with Crippen LogP contribution in [0.25, 0.3) is 11.3 Å². The molecule has 3 rings (SSSR count). The highest BCUT2D eigenvalue weighted by molar-refractivity contribution is 5.63. The number of aryl methyl sites for hydroxylation is 2. The smallest absolute Gasteiger partial charge is 0.252 e. The molecular weight excluding hydrogens is 293 g/mol. The van der Waals surface area contributed by atoms with Crippen LogP contribution in [0.3, 0.4) is 0 Å². The van der Waals surface area contributed by atoms with Crippen LogP contribution in [0.5, 0.6) is 0 Å². The van der Waals surface area contributed by atoms with Crippen molar-refractivity contribution >= 4 is 11.6 Å². The minimum Gasteiger partial charge on any atom is -0.325 e. The minimum atomic E-state index is -0.303. The molecule has 0 radical (unpaired) electrons. The van der Waals surface area contributed by atoms with Gasteiger partial charge in [-0.15, -0.1) is 0 Å². The summed E-state index contributed by atoms with van der Waals surface area (Å²) in [5.74, 6) is 0.0201. The van der Waals surface area contributed by atoms with E-state index in [4.69, 9.17) is 0 Å². The summed E-state index contributed by atoms with van der Waals surface area (Å²) in [6.07, 6.45) is 0. The van der Waals surface area contributed by atoms with Crippen LogP contribution in [0, 0.1) is 19.7 Å². The van der Waals surface area contributed by atoms with Crippen LogP contribution in [-0.2, 0) is 0 Å². The number of aromatic nitrogens is 2. The van der Waals surface area contributed by atoms with E-state index in [0.29, 0.717) is 17.3 Å². The molecule has 0 aliphatic heterocycles. The Labute approximate surface area is 133 Å². The van der Waals surface area contributed by atoms with Gasteiger partial charge in [0.2, 0.25) is 5.95 Å². The Morgan fingerprint density at radius 1 is 1.09 bits per heavy atom. The number of aromatic amines is 1. The van der Waals surface area contributed by atoms with Gasteiger partial charge in [-0.05, 0) is 43.7 Å². The number of nitrogens with one attached hydrogen (secondary N) is 2. The summed E-state index contributed by atoms with van der Waals surface area (Å²) in [5.41, 5.74) is 3.71. The van der Waals surface area contributed by atoms with E-state index in [1.807, 2.05) is 31.2 Å². The van der Waals surface area contributed by atoms with Crippen LogP contribution in [-0.4, -0.2) is 9.97 Å². The Morgan fingerprint density at radius 2 is 1.91 bits per heavy atom. The fraction of sp³-hybridized carbons (Fsp3) is 0.111. The molecule has 0 bridgehead atoms. The molecule has 1 aromatic heterocycles. The van der Waals surface area contributed by atoms with E-state index >= 15 is 0 Å². The highest BCUT2D eigenvalue weighted by atomic mass is 19.1. The first-order chi connectivity index (χ1) is 11.0. The minimum absolute atomic E-state index is 0.251. The number of hydrogen-bond donors (Lipinski definition) is 2. The molecule has 0 saturated carbocycles. The molecule has 0 saturated heterocycles. The molecule has 0 spiro atoms. The van der Waals surface area contributed by atoms with Crippen molar-refractivity contribution in [2.24, 2.45) is 0 Å². The lowest BCUT2D eigenvalue weighted by molar-refractivity contribution is 0.627. The van der Waals surface area contributed by atoms with Crippen molar-refractivity contribution in [2.75, 3.05) is 5.32 Å². The average Bonchev–Trinajstić information content (AvgIpc) is 2.50. The maximum Gasteiger partial charge on any atom is 0.252 e. The van der Waals surface area contributed by atoms with E-state index in [9.17, 15) is 9.18 Å². The van der Waals surface area contributed by atoms with Gasteiger partial charge in [-0.3, -0.25) is 9.78 Å². The Kier molecular flexibility index (Phi) is 3.93. The normalized spacial score (nSPS) is 10.6. The first-order valence-corrected chi connectivity index (χ1v) is 7.23. The third-order valence-electron chi connectivity index (χ3n) is 3.50. The first-order valence-electron chi connectivity index (χ1n) is 7.23. The largest absolute Gasteiger partial charge is 0.325 e. The van der Waals surface area contributed by atoms with Gasteiger partial charge in [-0.1, -0.05) is 23.8 Å². The molecule has 0 aliphatic rings. The van der Waals surface area contributed by atoms with Gasteiger partial charge in [-0.25, -0.2) is 9.37 Å². The number of benzene rings is 2. The second-order valence-electron chi connectivity index (χ2n) is 5.43. The van der Waals surface area contributed by atoms with Crippen LogP contribution in [0.1, 0.15) is 11.1 Å². The molecule has 2 aromatic carbocycles. The molecule has 0 aliphatic carbocycles. The van der Waals surface area contributed by atoms with Gasteiger partial charge in [0.05, 0.1) is 5.69 Å². The first kappa shape index (κ1) is 15.0. The summed E-state index contributed by atoms with van der Waals surface area (Å²) in [5, 5.41) is 3.03. The molecular formula is C18H16FN3O. The Balaban J connectivity index is 1.99. The van der Waals surface area contributed by atoms with Crippen LogP contribution >= 0.6 is 0 Å². The zero-order valence-electron chi connectivity index (χ0n) is 12.9.